The summed E-state index contributed by atoms with van der Waals surface area (Å²) in [6.45, 7) is 7.63. The van der Waals surface area contributed by atoms with E-state index in [1.54, 1.807) is 19.1 Å². The van der Waals surface area contributed by atoms with Crippen molar-refractivity contribution >= 4 is 23.2 Å². The van der Waals surface area contributed by atoms with Crippen molar-refractivity contribution in [1.82, 2.24) is 0 Å². The third-order valence-electron chi connectivity index (χ3n) is 3.67. The van der Waals surface area contributed by atoms with Gasteiger partial charge in [-0.25, -0.2) is 0 Å². The lowest BCUT2D eigenvalue weighted by Crippen LogP contribution is -2.30. The molecule has 0 saturated heterocycles. The van der Waals surface area contributed by atoms with Crippen molar-refractivity contribution in [2.45, 2.75) is 33.8 Å². The van der Waals surface area contributed by atoms with Crippen molar-refractivity contribution in [2.24, 2.45) is 0 Å². The second-order valence-corrected chi connectivity index (χ2v) is 5.81. The summed E-state index contributed by atoms with van der Waals surface area (Å²) in [5, 5.41) is 3.59. The second-order valence-electron chi connectivity index (χ2n) is 5.41. The van der Waals surface area contributed by atoms with Gasteiger partial charge < -0.3 is 10.1 Å². The van der Waals surface area contributed by atoms with Gasteiger partial charge in [-0.3, -0.25) is 4.79 Å². The van der Waals surface area contributed by atoms with Crippen LogP contribution in [0.4, 0.5) is 5.69 Å². The summed E-state index contributed by atoms with van der Waals surface area (Å²) in [5.41, 5.74) is 3.93. The number of hydrogen-bond donors (Lipinski definition) is 1. The van der Waals surface area contributed by atoms with Crippen LogP contribution in [0.15, 0.2) is 36.4 Å². The average Bonchev–Trinajstić information content (AvgIpc) is 2.47. The first-order valence-corrected chi connectivity index (χ1v) is 7.56. The minimum absolute atomic E-state index is 0.179. The molecule has 2 aromatic carbocycles. The number of aryl methyl sites for hydroxylation is 2. The number of benzene rings is 2. The molecule has 1 amide bonds. The van der Waals surface area contributed by atoms with Crippen molar-refractivity contribution in [3.8, 4) is 5.75 Å². The zero-order valence-corrected chi connectivity index (χ0v) is 14.0. The van der Waals surface area contributed by atoms with Gasteiger partial charge in [0, 0.05) is 10.7 Å². The monoisotopic (exact) mass is 317 g/mol. The van der Waals surface area contributed by atoms with Crippen LogP contribution in [0.25, 0.3) is 0 Å². The molecule has 2 rings (SSSR count). The Labute approximate surface area is 136 Å². The van der Waals surface area contributed by atoms with Crippen LogP contribution in [0, 0.1) is 20.8 Å². The van der Waals surface area contributed by atoms with E-state index < -0.39 is 6.10 Å². The molecule has 0 aliphatic rings. The van der Waals surface area contributed by atoms with Crippen LogP contribution in [0.2, 0.25) is 5.02 Å². The number of halogens is 1. The Hall–Kier alpha value is -2.00. The first-order chi connectivity index (χ1) is 10.4. The lowest BCUT2D eigenvalue weighted by Gasteiger charge is -2.17. The summed E-state index contributed by atoms with van der Waals surface area (Å²) >= 11 is 5.98. The fourth-order valence-corrected chi connectivity index (χ4v) is 2.19. The zero-order valence-electron chi connectivity index (χ0n) is 13.2. The van der Waals surface area contributed by atoms with Gasteiger partial charge in [0.2, 0.25) is 0 Å². The Bertz CT molecular complexity index is 697. The second kappa shape index (κ2) is 6.84. The van der Waals surface area contributed by atoms with Gasteiger partial charge in [-0.15, -0.1) is 0 Å². The average molecular weight is 318 g/mol. The van der Waals surface area contributed by atoms with E-state index in [1.807, 2.05) is 45.0 Å². The Morgan fingerprint density at radius 2 is 1.86 bits per heavy atom. The van der Waals surface area contributed by atoms with Crippen LogP contribution in [-0.2, 0) is 4.79 Å². The SMILES string of the molecule is Cc1cc(O[C@@H](C)C(=O)Nc2cccc(C)c2C)ccc1Cl. The molecule has 0 aromatic heterocycles. The topological polar surface area (TPSA) is 38.3 Å². The predicted molar refractivity (Wildman–Crippen MR) is 90.8 cm³/mol. The summed E-state index contributed by atoms with van der Waals surface area (Å²) in [6.07, 6.45) is -0.597. The number of amides is 1. The van der Waals surface area contributed by atoms with Crippen LogP contribution in [0.5, 0.6) is 5.75 Å². The van der Waals surface area contributed by atoms with Gasteiger partial charge in [0.1, 0.15) is 5.75 Å². The van der Waals surface area contributed by atoms with Crippen LogP contribution >= 0.6 is 11.6 Å². The third kappa shape index (κ3) is 3.80. The third-order valence-corrected chi connectivity index (χ3v) is 4.10. The Morgan fingerprint density at radius 3 is 2.55 bits per heavy atom. The molecule has 2 aromatic rings. The number of anilines is 1. The largest absolute Gasteiger partial charge is 0.481 e. The lowest BCUT2D eigenvalue weighted by molar-refractivity contribution is -0.122. The maximum absolute atomic E-state index is 12.3. The van der Waals surface area contributed by atoms with E-state index in [1.165, 1.54) is 0 Å². The maximum atomic E-state index is 12.3. The quantitative estimate of drug-likeness (QED) is 0.889. The molecule has 0 aliphatic heterocycles. The van der Waals surface area contributed by atoms with Gasteiger partial charge in [0.25, 0.3) is 5.91 Å². The molecule has 0 radical (unpaired) electrons. The molecule has 22 heavy (non-hydrogen) atoms. The standard InChI is InChI=1S/C18H20ClNO2/c1-11-6-5-7-17(13(11)3)20-18(21)14(4)22-15-8-9-16(19)12(2)10-15/h5-10,14H,1-4H3,(H,20,21)/t14-/m0/s1. The van der Waals surface area contributed by atoms with Gasteiger partial charge in [-0.1, -0.05) is 23.7 Å². The summed E-state index contributed by atoms with van der Waals surface area (Å²) in [4.78, 5) is 12.3. The predicted octanol–water partition coefficient (Wildman–Crippen LogP) is 4.67. The fraction of sp³-hybridized carbons (Fsp3) is 0.278. The molecule has 1 N–H and O–H groups in total. The van der Waals surface area contributed by atoms with E-state index in [9.17, 15) is 4.79 Å². The van der Waals surface area contributed by atoms with Crippen LogP contribution in [0.3, 0.4) is 0 Å². The molecule has 4 heteroatoms. The summed E-state index contributed by atoms with van der Waals surface area (Å²) < 4.78 is 5.68. The van der Waals surface area contributed by atoms with Crippen LogP contribution in [0.1, 0.15) is 23.6 Å². The van der Waals surface area contributed by atoms with Gasteiger partial charge >= 0.3 is 0 Å². The smallest absolute Gasteiger partial charge is 0.265 e. The molecule has 0 spiro atoms. The van der Waals surface area contributed by atoms with E-state index >= 15 is 0 Å². The number of rotatable bonds is 4. The van der Waals surface area contributed by atoms with Gasteiger partial charge in [-0.2, -0.15) is 0 Å². The minimum Gasteiger partial charge on any atom is -0.481 e. The Kier molecular flexibility index (Phi) is 5.09. The number of carbonyl (C=O) groups is 1. The molecule has 0 heterocycles. The number of hydrogen-bond acceptors (Lipinski definition) is 2. The Balaban J connectivity index is 2.06. The number of carbonyl (C=O) groups excluding carboxylic acids is 1. The van der Waals surface area contributed by atoms with E-state index in [4.69, 9.17) is 16.3 Å². The molecular formula is C18H20ClNO2. The van der Waals surface area contributed by atoms with Crippen molar-refractivity contribution in [3.05, 3.63) is 58.1 Å². The molecule has 0 saturated carbocycles. The zero-order chi connectivity index (χ0) is 16.3. The number of nitrogens with one attached hydrogen (secondary N) is 1. The van der Waals surface area contributed by atoms with E-state index in [-0.39, 0.29) is 5.91 Å². The highest BCUT2D eigenvalue weighted by Gasteiger charge is 2.16. The summed E-state index contributed by atoms with van der Waals surface area (Å²) in [5.74, 6) is 0.451. The molecule has 0 aliphatic carbocycles. The first-order valence-electron chi connectivity index (χ1n) is 7.18. The minimum atomic E-state index is -0.597. The normalized spacial score (nSPS) is 11.9. The van der Waals surface area contributed by atoms with E-state index in [0.29, 0.717) is 10.8 Å². The molecule has 0 fully saturated rings. The maximum Gasteiger partial charge on any atom is 0.265 e. The van der Waals surface area contributed by atoms with Crippen molar-refractivity contribution in [1.29, 1.82) is 0 Å². The summed E-state index contributed by atoms with van der Waals surface area (Å²) in [6, 6.07) is 11.2. The summed E-state index contributed by atoms with van der Waals surface area (Å²) in [7, 11) is 0. The van der Waals surface area contributed by atoms with Gasteiger partial charge in [0.05, 0.1) is 0 Å². The van der Waals surface area contributed by atoms with Crippen molar-refractivity contribution < 1.29 is 9.53 Å². The van der Waals surface area contributed by atoms with E-state index in [2.05, 4.69) is 5.32 Å². The van der Waals surface area contributed by atoms with Gasteiger partial charge in [-0.05, 0) is 68.7 Å². The molecule has 1 atom stereocenters. The molecular weight excluding hydrogens is 298 g/mol. The Morgan fingerprint density at radius 1 is 1.14 bits per heavy atom. The highest BCUT2D eigenvalue weighted by molar-refractivity contribution is 6.31. The highest BCUT2D eigenvalue weighted by Crippen LogP contribution is 2.23. The van der Waals surface area contributed by atoms with E-state index in [0.717, 1.165) is 22.4 Å². The fourth-order valence-electron chi connectivity index (χ4n) is 2.07. The highest BCUT2D eigenvalue weighted by atomic mass is 35.5. The lowest BCUT2D eigenvalue weighted by atomic mass is 10.1. The molecule has 0 unspecified atom stereocenters. The van der Waals surface area contributed by atoms with Crippen LogP contribution in [-0.4, -0.2) is 12.0 Å². The molecule has 3 nitrogen and oxygen atoms in total. The van der Waals surface area contributed by atoms with Crippen molar-refractivity contribution in [3.63, 3.8) is 0 Å². The molecule has 0 bridgehead atoms. The molecule has 116 valence electrons. The number of ether oxygens (including phenoxy) is 1. The van der Waals surface area contributed by atoms with Crippen LogP contribution < -0.4 is 10.1 Å². The van der Waals surface area contributed by atoms with Gasteiger partial charge in [0.15, 0.2) is 6.10 Å². The van der Waals surface area contributed by atoms with Crippen molar-refractivity contribution in [2.75, 3.05) is 5.32 Å². The first kappa shape index (κ1) is 16.4.